The topological polar surface area (TPSA) is 538 Å². The molecule has 31 nitrogen and oxygen atoms in total. The van der Waals surface area contributed by atoms with Gasteiger partial charge >= 0.3 is 0 Å². The first-order valence-electron chi connectivity index (χ1n) is 29.6. The zero-order valence-corrected chi connectivity index (χ0v) is 51.2. The van der Waals surface area contributed by atoms with Gasteiger partial charge in [-0.15, -0.1) is 0 Å². The molecule has 24 N–H and O–H groups in total. The molecule has 9 atom stereocenters. The number of aliphatic hydroxyl groups excluding tert-OH is 1. The average molecular weight is 1290 g/mol. The first kappa shape index (κ1) is 72.8. The number of benzene rings is 4. The van der Waals surface area contributed by atoms with Crippen LogP contribution in [0.5, 0.6) is 5.75 Å². The summed E-state index contributed by atoms with van der Waals surface area (Å²) in [4.78, 5) is 170. The van der Waals surface area contributed by atoms with E-state index >= 15 is 0 Å². The summed E-state index contributed by atoms with van der Waals surface area (Å²) in [7, 11) is 0. The average Bonchev–Trinajstić information content (AvgIpc) is 1.75. The molecule has 0 saturated carbocycles. The number of phenolic OH excluding ortho intramolecular Hbond substituents is 1. The number of hydrogen-bond acceptors (Lipinski definition) is 16. The van der Waals surface area contributed by atoms with E-state index in [4.69, 9.17) is 34.4 Å². The van der Waals surface area contributed by atoms with Crippen LogP contribution in [0.25, 0.3) is 10.9 Å². The van der Waals surface area contributed by atoms with Crippen LogP contribution in [0, 0.1) is 5.92 Å². The standard InChI is InChI=1S/C62H81N17O14/c1-33(2)23-44(57(89)73-42(21-22-69-62(67)68)56(88)74-43(53(66)85)25-34-11-5-3-6-12-34)72-52(84)31-71-55(87)45(26-35-13-7-4-8-14-35)76-61(93)49(32-80)79-60(92)48(29-51(65)83)78-58(90)46(27-37-30-70-41-16-10-9-15-39(37)41)77-59(91)47(28-50(64)82)75-54(86)40(63)24-36-17-19-38(81)20-18-36/h3-20,30,33,40,42-49,70,80-81H,21-29,31-32,63H2,1-2H3,(H2,64,82)(H2,65,83)(H2,66,85)(H,71,87)(H,72,84)(H,73,89)(H,74,88)(H,75,86)(H,76,93)(H,77,91)(H,78,90)(H,79,92)(H4,67,68,69)/t40-,42-,43-,44-,45-,46-,47-,48-,49-/m0/s1. The van der Waals surface area contributed by atoms with Gasteiger partial charge in [-0.3, -0.25) is 62.5 Å². The highest BCUT2D eigenvalue weighted by atomic mass is 16.3. The molecular weight excluding hydrogens is 1210 g/mol. The van der Waals surface area contributed by atoms with E-state index in [1.54, 1.807) is 105 Å². The molecule has 0 saturated heterocycles. The normalized spacial score (nSPS) is 13.9. The van der Waals surface area contributed by atoms with Gasteiger partial charge in [-0.05, 0) is 65.6 Å². The Kier molecular flexibility index (Phi) is 28.2. The number of para-hydroxylation sites is 1. The summed E-state index contributed by atoms with van der Waals surface area (Å²) in [5, 5.41) is 42.9. The van der Waals surface area contributed by atoms with E-state index < -0.39 is 151 Å². The number of hydrogen-bond donors (Lipinski definition) is 18. The first-order valence-corrected chi connectivity index (χ1v) is 29.6. The summed E-state index contributed by atoms with van der Waals surface area (Å²) in [5.74, 6) is -12.6. The monoisotopic (exact) mass is 1290 g/mol. The van der Waals surface area contributed by atoms with E-state index in [-0.39, 0.29) is 62.7 Å². The van der Waals surface area contributed by atoms with Crippen molar-refractivity contribution >= 4 is 87.7 Å². The molecular formula is C62H81N17O14. The predicted molar refractivity (Wildman–Crippen MR) is 339 cm³/mol. The highest BCUT2D eigenvalue weighted by molar-refractivity contribution is 6.00. The third-order valence-corrected chi connectivity index (χ3v) is 14.3. The van der Waals surface area contributed by atoms with E-state index in [1.807, 2.05) is 0 Å². The molecule has 0 fully saturated rings. The second-order valence-electron chi connectivity index (χ2n) is 22.3. The minimum absolute atomic E-state index is 0.0275. The summed E-state index contributed by atoms with van der Waals surface area (Å²) >= 11 is 0. The number of nitrogens with one attached hydrogen (secondary N) is 10. The third-order valence-electron chi connectivity index (χ3n) is 14.3. The number of aromatic hydroxyl groups is 1. The number of aliphatic hydroxyl groups is 1. The lowest BCUT2D eigenvalue weighted by Gasteiger charge is -2.27. The van der Waals surface area contributed by atoms with Gasteiger partial charge in [0, 0.05) is 42.9 Å². The van der Waals surface area contributed by atoms with Crippen LogP contribution in [0.2, 0.25) is 0 Å². The molecule has 5 rings (SSSR count). The number of nitrogens with zero attached hydrogens (tertiary/aromatic N) is 1. The molecule has 0 unspecified atom stereocenters. The Balaban J connectivity index is 1.30. The molecule has 1 aromatic heterocycles. The van der Waals surface area contributed by atoms with Crippen LogP contribution in [0.1, 0.15) is 61.8 Å². The maximum absolute atomic E-state index is 14.4. The molecule has 4 aromatic carbocycles. The van der Waals surface area contributed by atoms with Crippen molar-refractivity contribution in [3.05, 3.63) is 138 Å². The highest BCUT2D eigenvalue weighted by Gasteiger charge is 2.36. The number of rotatable bonds is 37. The first-order chi connectivity index (χ1) is 44.2. The van der Waals surface area contributed by atoms with Crippen molar-refractivity contribution in [2.24, 2.45) is 45.3 Å². The van der Waals surface area contributed by atoms with Gasteiger partial charge in [0.2, 0.25) is 70.9 Å². The third kappa shape index (κ3) is 24.4. The largest absolute Gasteiger partial charge is 0.508 e. The number of aliphatic imine (C=N–C) groups is 1. The van der Waals surface area contributed by atoms with Crippen LogP contribution in [0.4, 0.5) is 0 Å². The van der Waals surface area contributed by atoms with Crippen LogP contribution >= 0.6 is 0 Å². The highest BCUT2D eigenvalue weighted by Crippen LogP contribution is 2.20. The summed E-state index contributed by atoms with van der Waals surface area (Å²) in [6, 6.07) is 15.8. The number of nitrogens with two attached hydrogens (primary N) is 6. The predicted octanol–water partition coefficient (Wildman–Crippen LogP) is -4.60. The maximum atomic E-state index is 14.4. The van der Waals surface area contributed by atoms with E-state index in [0.29, 0.717) is 33.2 Å². The van der Waals surface area contributed by atoms with Gasteiger partial charge in [-0.25, -0.2) is 0 Å². The number of phenols is 1. The SMILES string of the molecule is CC(C)C[C@H](NC(=O)CNC(=O)[C@H](Cc1ccccc1)NC(=O)[C@H](CO)NC(=O)[C@H](CC(N)=O)NC(=O)[C@H](Cc1c[nH]c2ccccc12)NC(=O)[C@H](CC(N)=O)NC(=O)[C@@H](N)Cc1ccc(O)cc1)C(=O)N[C@@H](CCN=C(N)N)C(=O)N[C@@H](Cc1ccccc1)C(N)=O. The van der Waals surface area contributed by atoms with Crippen molar-refractivity contribution in [2.75, 3.05) is 19.7 Å². The number of amides is 12. The van der Waals surface area contributed by atoms with E-state index in [1.165, 1.54) is 24.3 Å². The second-order valence-corrected chi connectivity index (χ2v) is 22.3. The Morgan fingerprint density at radius 3 is 1.48 bits per heavy atom. The molecule has 0 spiro atoms. The van der Waals surface area contributed by atoms with Crippen LogP contribution in [0.15, 0.2) is 120 Å². The fourth-order valence-corrected chi connectivity index (χ4v) is 9.60. The quantitative estimate of drug-likeness (QED) is 0.0131. The number of carbonyl (C=O) groups excluding carboxylic acids is 12. The van der Waals surface area contributed by atoms with Gasteiger partial charge in [-0.1, -0.05) is 105 Å². The van der Waals surface area contributed by atoms with E-state index in [2.05, 4.69) is 57.8 Å². The fraction of sp³-hybridized carbons (Fsp3) is 0.371. The molecule has 0 aliphatic carbocycles. The molecule has 0 aliphatic rings. The lowest BCUT2D eigenvalue weighted by Crippen LogP contribution is -2.61. The van der Waals surface area contributed by atoms with Crippen molar-refractivity contribution in [3.8, 4) is 5.75 Å². The molecule has 0 bridgehead atoms. The summed E-state index contributed by atoms with van der Waals surface area (Å²) in [5.41, 5.74) is 36.7. The Bertz CT molecular complexity index is 3460. The molecule has 0 radical (unpaired) electrons. The van der Waals surface area contributed by atoms with Crippen molar-refractivity contribution in [1.29, 1.82) is 0 Å². The molecule has 498 valence electrons. The van der Waals surface area contributed by atoms with Gasteiger partial charge in [0.1, 0.15) is 54.1 Å². The smallest absolute Gasteiger partial charge is 0.245 e. The zero-order chi connectivity index (χ0) is 68.3. The fourth-order valence-electron chi connectivity index (χ4n) is 9.60. The summed E-state index contributed by atoms with van der Waals surface area (Å²) in [6.45, 7) is 1.48. The van der Waals surface area contributed by atoms with Crippen LogP contribution in [0.3, 0.4) is 0 Å². The maximum Gasteiger partial charge on any atom is 0.245 e. The number of H-pyrrole nitrogens is 1. The summed E-state index contributed by atoms with van der Waals surface area (Å²) < 4.78 is 0. The van der Waals surface area contributed by atoms with Crippen LogP contribution in [-0.4, -0.2) is 166 Å². The van der Waals surface area contributed by atoms with Gasteiger partial charge < -0.3 is 97.5 Å². The van der Waals surface area contributed by atoms with Gasteiger partial charge in [0.05, 0.1) is 32.0 Å². The zero-order valence-electron chi connectivity index (χ0n) is 51.2. The van der Waals surface area contributed by atoms with Gasteiger partial charge in [0.25, 0.3) is 0 Å². The van der Waals surface area contributed by atoms with Crippen LogP contribution < -0.4 is 82.3 Å². The lowest BCUT2D eigenvalue weighted by atomic mass is 10.0. The minimum Gasteiger partial charge on any atom is -0.508 e. The number of aromatic nitrogens is 1. The van der Waals surface area contributed by atoms with Crippen molar-refractivity contribution in [2.45, 2.75) is 120 Å². The number of fused-ring (bicyclic) bond motifs is 1. The number of primary amides is 3. The molecule has 12 amide bonds. The molecule has 1 heterocycles. The number of aromatic amines is 1. The molecule has 0 aliphatic heterocycles. The number of carbonyl (C=O) groups is 12. The van der Waals surface area contributed by atoms with Crippen molar-refractivity contribution in [3.63, 3.8) is 0 Å². The Morgan fingerprint density at radius 1 is 0.484 bits per heavy atom. The van der Waals surface area contributed by atoms with Crippen LogP contribution in [-0.2, 0) is 83.2 Å². The van der Waals surface area contributed by atoms with Gasteiger partial charge in [0.15, 0.2) is 5.96 Å². The lowest BCUT2D eigenvalue weighted by molar-refractivity contribution is -0.136. The van der Waals surface area contributed by atoms with Gasteiger partial charge in [-0.2, -0.15) is 0 Å². The summed E-state index contributed by atoms with van der Waals surface area (Å²) in [6.07, 6.45) is -0.823. The van der Waals surface area contributed by atoms with Crippen molar-refractivity contribution in [1.82, 2.24) is 52.8 Å². The van der Waals surface area contributed by atoms with Crippen molar-refractivity contribution < 1.29 is 67.7 Å². The Labute approximate surface area is 534 Å². The Hall–Kier alpha value is -11.0. The van der Waals surface area contributed by atoms with E-state index in [9.17, 15) is 67.7 Å². The minimum atomic E-state index is -1.91. The molecule has 31 heteroatoms. The second kappa shape index (κ2) is 36.0. The molecule has 5 aromatic rings. The molecule has 93 heavy (non-hydrogen) atoms. The van der Waals surface area contributed by atoms with E-state index in [0.717, 1.165) is 0 Å². The number of guanidine groups is 1. The Morgan fingerprint density at radius 2 is 0.935 bits per heavy atom.